The molecule has 0 spiro atoms. The highest BCUT2D eigenvalue weighted by atomic mass is 32.1. The number of rotatable bonds is 4. The van der Waals surface area contributed by atoms with Crippen molar-refractivity contribution in [3.63, 3.8) is 0 Å². The fraction of sp³-hybridized carbons (Fsp3) is 0.333. The van der Waals surface area contributed by atoms with Crippen LogP contribution in [0, 0.1) is 0 Å². The maximum absolute atomic E-state index is 11.3. The van der Waals surface area contributed by atoms with Crippen LogP contribution in [-0.4, -0.2) is 30.2 Å². The Morgan fingerprint density at radius 2 is 1.95 bits per heavy atom. The summed E-state index contributed by atoms with van der Waals surface area (Å²) in [6, 6.07) is 8.04. The standard InChI is InChI=1S/C15H16N2O2S/c1-17(2)11-7-5-10(6-8-11)14-16-12(9-3-4-9)13(20-14)15(18)19/h5-9H,3-4H2,1-2H3,(H,18,19). The molecule has 0 aliphatic heterocycles. The number of aromatic carboxylic acids is 1. The summed E-state index contributed by atoms with van der Waals surface area (Å²) in [5.74, 6) is -0.507. The summed E-state index contributed by atoms with van der Waals surface area (Å²) in [7, 11) is 3.98. The summed E-state index contributed by atoms with van der Waals surface area (Å²) in [6.45, 7) is 0. The maximum Gasteiger partial charge on any atom is 0.347 e. The van der Waals surface area contributed by atoms with Crippen molar-refractivity contribution in [2.45, 2.75) is 18.8 Å². The molecule has 1 aliphatic rings. The van der Waals surface area contributed by atoms with E-state index in [2.05, 4.69) is 4.98 Å². The molecular formula is C15H16N2O2S. The first-order valence-corrected chi connectivity index (χ1v) is 7.39. The first kappa shape index (κ1) is 13.1. The Morgan fingerprint density at radius 1 is 1.30 bits per heavy atom. The van der Waals surface area contributed by atoms with Crippen molar-refractivity contribution in [1.29, 1.82) is 0 Å². The van der Waals surface area contributed by atoms with E-state index in [1.807, 2.05) is 43.3 Å². The summed E-state index contributed by atoms with van der Waals surface area (Å²) in [5.41, 5.74) is 2.87. The number of thiazole rings is 1. The predicted molar refractivity (Wildman–Crippen MR) is 80.8 cm³/mol. The van der Waals surface area contributed by atoms with Gasteiger partial charge in [-0.05, 0) is 37.1 Å². The van der Waals surface area contributed by atoms with Gasteiger partial charge in [-0.15, -0.1) is 11.3 Å². The van der Waals surface area contributed by atoms with E-state index in [0.717, 1.165) is 34.8 Å². The summed E-state index contributed by atoms with van der Waals surface area (Å²) < 4.78 is 0. The van der Waals surface area contributed by atoms with E-state index >= 15 is 0 Å². The van der Waals surface area contributed by atoms with Crippen LogP contribution in [0.1, 0.15) is 34.1 Å². The summed E-state index contributed by atoms with van der Waals surface area (Å²) in [6.07, 6.45) is 2.12. The third-order valence-corrected chi connectivity index (χ3v) is 4.55. The molecule has 1 aromatic heterocycles. The molecule has 1 fully saturated rings. The van der Waals surface area contributed by atoms with Crippen LogP contribution >= 0.6 is 11.3 Å². The second-order valence-electron chi connectivity index (χ2n) is 5.25. The van der Waals surface area contributed by atoms with Crippen LogP contribution in [0.5, 0.6) is 0 Å². The Bertz CT molecular complexity index is 642. The molecule has 1 saturated carbocycles. The molecular weight excluding hydrogens is 272 g/mol. The average Bonchev–Trinajstić information content (AvgIpc) is 3.17. The molecule has 1 N–H and O–H groups in total. The first-order valence-electron chi connectivity index (χ1n) is 6.58. The number of hydrogen-bond donors (Lipinski definition) is 1. The number of carboxylic acids is 1. The molecule has 0 saturated heterocycles. The number of benzene rings is 1. The molecule has 5 heteroatoms. The quantitative estimate of drug-likeness (QED) is 0.936. The largest absolute Gasteiger partial charge is 0.477 e. The van der Waals surface area contributed by atoms with Gasteiger partial charge in [0, 0.05) is 31.3 Å². The molecule has 0 amide bonds. The van der Waals surface area contributed by atoms with Crippen LogP contribution in [0.15, 0.2) is 24.3 Å². The molecule has 0 unspecified atom stereocenters. The Labute approximate surface area is 121 Å². The summed E-state index contributed by atoms with van der Waals surface area (Å²) in [5, 5.41) is 10.1. The topological polar surface area (TPSA) is 53.4 Å². The predicted octanol–water partition coefficient (Wildman–Crippen LogP) is 3.45. The van der Waals surface area contributed by atoms with Crippen LogP contribution in [0.3, 0.4) is 0 Å². The maximum atomic E-state index is 11.3. The lowest BCUT2D eigenvalue weighted by Crippen LogP contribution is -2.07. The van der Waals surface area contributed by atoms with Gasteiger partial charge >= 0.3 is 5.97 Å². The number of carboxylic acid groups (broad SMARTS) is 1. The second kappa shape index (κ2) is 4.90. The van der Waals surface area contributed by atoms with E-state index in [4.69, 9.17) is 0 Å². The Hall–Kier alpha value is -1.88. The zero-order valence-corrected chi connectivity index (χ0v) is 12.3. The molecule has 2 aromatic rings. The molecule has 4 nitrogen and oxygen atoms in total. The van der Waals surface area contributed by atoms with Gasteiger partial charge in [0.1, 0.15) is 9.88 Å². The molecule has 1 heterocycles. The van der Waals surface area contributed by atoms with Crippen LogP contribution in [-0.2, 0) is 0 Å². The zero-order chi connectivity index (χ0) is 14.3. The fourth-order valence-corrected chi connectivity index (χ4v) is 3.14. The minimum Gasteiger partial charge on any atom is -0.477 e. The van der Waals surface area contributed by atoms with E-state index < -0.39 is 5.97 Å². The van der Waals surface area contributed by atoms with Gasteiger partial charge in [-0.1, -0.05) is 0 Å². The van der Waals surface area contributed by atoms with Gasteiger partial charge in [0.05, 0.1) is 5.69 Å². The molecule has 20 heavy (non-hydrogen) atoms. The highest BCUT2D eigenvalue weighted by Gasteiger charge is 2.32. The van der Waals surface area contributed by atoms with Crippen LogP contribution in [0.2, 0.25) is 0 Å². The van der Waals surface area contributed by atoms with E-state index in [1.165, 1.54) is 11.3 Å². The van der Waals surface area contributed by atoms with Crippen molar-refractivity contribution in [3.05, 3.63) is 34.8 Å². The number of hydrogen-bond acceptors (Lipinski definition) is 4. The lowest BCUT2D eigenvalue weighted by molar-refractivity contribution is 0.0700. The van der Waals surface area contributed by atoms with Gasteiger partial charge in [0.25, 0.3) is 0 Å². The van der Waals surface area contributed by atoms with Crippen LogP contribution in [0.25, 0.3) is 10.6 Å². The smallest absolute Gasteiger partial charge is 0.347 e. The highest BCUT2D eigenvalue weighted by Crippen LogP contribution is 2.44. The summed E-state index contributed by atoms with van der Waals surface area (Å²) in [4.78, 5) is 18.3. The molecule has 0 atom stereocenters. The molecule has 0 bridgehead atoms. The number of carbonyl (C=O) groups is 1. The SMILES string of the molecule is CN(C)c1ccc(-c2nc(C3CC3)c(C(=O)O)s2)cc1. The normalized spacial score (nSPS) is 14.3. The second-order valence-corrected chi connectivity index (χ2v) is 6.25. The van der Waals surface area contributed by atoms with Crippen molar-refractivity contribution < 1.29 is 9.90 Å². The van der Waals surface area contributed by atoms with Gasteiger partial charge < -0.3 is 10.0 Å². The third-order valence-electron chi connectivity index (χ3n) is 3.44. The van der Waals surface area contributed by atoms with Crippen molar-refractivity contribution >= 4 is 23.0 Å². The third kappa shape index (κ3) is 2.41. The van der Waals surface area contributed by atoms with E-state index in [9.17, 15) is 9.90 Å². The Morgan fingerprint density at radius 3 is 2.45 bits per heavy atom. The Balaban J connectivity index is 1.97. The molecule has 1 aromatic carbocycles. The van der Waals surface area contributed by atoms with Crippen molar-refractivity contribution in [2.75, 3.05) is 19.0 Å². The molecule has 0 radical (unpaired) electrons. The number of aromatic nitrogens is 1. The number of anilines is 1. The molecule has 104 valence electrons. The minimum atomic E-state index is -0.861. The fourth-order valence-electron chi connectivity index (χ4n) is 2.14. The van der Waals surface area contributed by atoms with Crippen molar-refractivity contribution in [2.24, 2.45) is 0 Å². The summed E-state index contributed by atoms with van der Waals surface area (Å²) >= 11 is 1.28. The van der Waals surface area contributed by atoms with Crippen molar-refractivity contribution in [1.82, 2.24) is 4.98 Å². The average molecular weight is 288 g/mol. The first-order chi connectivity index (χ1) is 9.56. The van der Waals surface area contributed by atoms with E-state index in [1.54, 1.807) is 0 Å². The molecule has 3 rings (SSSR count). The number of nitrogens with zero attached hydrogens (tertiary/aromatic N) is 2. The monoisotopic (exact) mass is 288 g/mol. The van der Waals surface area contributed by atoms with Gasteiger partial charge in [0.15, 0.2) is 0 Å². The van der Waals surface area contributed by atoms with Crippen LogP contribution in [0.4, 0.5) is 5.69 Å². The minimum absolute atomic E-state index is 0.354. The van der Waals surface area contributed by atoms with Crippen molar-refractivity contribution in [3.8, 4) is 10.6 Å². The van der Waals surface area contributed by atoms with Gasteiger partial charge in [-0.2, -0.15) is 0 Å². The van der Waals surface area contributed by atoms with E-state index in [0.29, 0.717) is 10.8 Å². The lowest BCUT2D eigenvalue weighted by Gasteiger charge is -2.11. The van der Waals surface area contributed by atoms with E-state index in [-0.39, 0.29) is 0 Å². The lowest BCUT2D eigenvalue weighted by atomic mass is 10.2. The Kier molecular flexibility index (Phi) is 3.22. The molecule has 1 aliphatic carbocycles. The van der Waals surface area contributed by atoms with Gasteiger partial charge in [0.2, 0.25) is 0 Å². The zero-order valence-electron chi connectivity index (χ0n) is 11.5. The van der Waals surface area contributed by atoms with Gasteiger partial charge in [-0.25, -0.2) is 9.78 Å². The highest BCUT2D eigenvalue weighted by molar-refractivity contribution is 7.17. The van der Waals surface area contributed by atoms with Gasteiger partial charge in [-0.3, -0.25) is 0 Å². The van der Waals surface area contributed by atoms with Crippen LogP contribution < -0.4 is 4.90 Å².